The van der Waals surface area contributed by atoms with Gasteiger partial charge in [-0.3, -0.25) is 0 Å². The molecule has 1 rings (SSSR count). The van der Waals surface area contributed by atoms with Crippen LogP contribution in [-0.4, -0.2) is 33.4 Å². The maximum Gasteiger partial charge on any atom is 0.0641 e. The molecular formula is C15H25ClN2O. The van der Waals surface area contributed by atoms with Crippen LogP contribution in [0.4, 0.5) is 5.69 Å². The summed E-state index contributed by atoms with van der Waals surface area (Å²) in [6.45, 7) is 9.53. The summed E-state index contributed by atoms with van der Waals surface area (Å²) in [5.41, 5.74) is 2.27. The minimum absolute atomic E-state index is 0.278. The number of halogens is 1. The molecule has 4 heteroatoms. The van der Waals surface area contributed by atoms with Gasteiger partial charge in [-0.05, 0) is 38.1 Å². The van der Waals surface area contributed by atoms with Crippen LogP contribution in [0, 0.1) is 0 Å². The summed E-state index contributed by atoms with van der Waals surface area (Å²) in [5, 5.41) is 4.19. The minimum atomic E-state index is 0.278. The SMILES string of the molecule is CCNC(C)c1ccc(N(C)CCOCC)cc1Cl. The Hall–Kier alpha value is -0.770. The number of ether oxygens (including phenoxy) is 1. The van der Waals surface area contributed by atoms with Crippen molar-refractivity contribution < 1.29 is 4.74 Å². The van der Waals surface area contributed by atoms with Crippen molar-refractivity contribution in [2.24, 2.45) is 0 Å². The van der Waals surface area contributed by atoms with Crippen LogP contribution in [0.25, 0.3) is 0 Å². The predicted molar refractivity (Wildman–Crippen MR) is 83.3 cm³/mol. The largest absolute Gasteiger partial charge is 0.380 e. The maximum absolute atomic E-state index is 6.37. The number of nitrogens with zero attached hydrogens (tertiary/aromatic N) is 1. The van der Waals surface area contributed by atoms with Gasteiger partial charge in [0.2, 0.25) is 0 Å². The van der Waals surface area contributed by atoms with Gasteiger partial charge >= 0.3 is 0 Å². The van der Waals surface area contributed by atoms with Crippen LogP contribution < -0.4 is 10.2 Å². The minimum Gasteiger partial charge on any atom is -0.380 e. The molecule has 3 nitrogen and oxygen atoms in total. The molecule has 1 unspecified atom stereocenters. The Kier molecular flexibility index (Phi) is 7.21. The average Bonchev–Trinajstić information content (AvgIpc) is 2.39. The van der Waals surface area contributed by atoms with E-state index in [-0.39, 0.29) is 6.04 Å². The standard InChI is InChI=1S/C15H25ClN2O/c1-5-17-12(3)14-8-7-13(11-15(14)16)18(4)9-10-19-6-2/h7-8,11-12,17H,5-6,9-10H2,1-4H3. The second kappa shape index (κ2) is 8.41. The molecule has 1 atom stereocenters. The zero-order valence-corrected chi connectivity index (χ0v) is 13.1. The van der Waals surface area contributed by atoms with Gasteiger partial charge in [0.05, 0.1) is 6.61 Å². The molecule has 0 aliphatic heterocycles. The summed E-state index contributed by atoms with van der Waals surface area (Å²) in [6.07, 6.45) is 0. The Morgan fingerprint density at radius 3 is 2.68 bits per heavy atom. The molecule has 0 aliphatic carbocycles. The molecule has 19 heavy (non-hydrogen) atoms. The van der Waals surface area contributed by atoms with Gasteiger partial charge in [-0.15, -0.1) is 0 Å². The van der Waals surface area contributed by atoms with Crippen LogP contribution in [0.1, 0.15) is 32.4 Å². The van der Waals surface area contributed by atoms with Crippen LogP contribution in [0.5, 0.6) is 0 Å². The number of anilines is 1. The summed E-state index contributed by atoms with van der Waals surface area (Å²) in [7, 11) is 2.05. The molecule has 0 heterocycles. The third kappa shape index (κ3) is 5.01. The monoisotopic (exact) mass is 284 g/mol. The van der Waals surface area contributed by atoms with Crippen LogP contribution >= 0.6 is 11.6 Å². The lowest BCUT2D eigenvalue weighted by atomic mass is 10.1. The van der Waals surface area contributed by atoms with Gasteiger partial charge in [0.15, 0.2) is 0 Å². The zero-order valence-electron chi connectivity index (χ0n) is 12.4. The van der Waals surface area contributed by atoms with E-state index in [9.17, 15) is 0 Å². The molecule has 0 aliphatic rings. The van der Waals surface area contributed by atoms with Crippen molar-refractivity contribution in [3.8, 4) is 0 Å². The van der Waals surface area contributed by atoms with Gasteiger partial charge in [-0.2, -0.15) is 0 Å². The lowest BCUT2D eigenvalue weighted by molar-refractivity contribution is 0.154. The molecule has 0 amide bonds. The lowest BCUT2D eigenvalue weighted by Crippen LogP contribution is -2.23. The first-order valence-corrected chi connectivity index (χ1v) is 7.29. The first-order valence-electron chi connectivity index (χ1n) is 6.91. The fraction of sp³-hybridized carbons (Fsp3) is 0.600. The number of rotatable bonds is 8. The molecule has 1 N–H and O–H groups in total. The van der Waals surface area contributed by atoms with E-state index in [1.54, 1.807) is 0 Å². The van der Waals surface area contributed by atoms with Gasteiger partial charge < -0.3 is 15.0 Å². The Balaban J connectivity index is 2.70. The second-order valence-corrected chi connectivity index (χ2v) is 5.01. The van der Waals surface area contributed by atoms with Gasteiger partial charge in [0.25, 0.3) is 0 Å². The van der Waals surface area contributed by atoms with E-state index in [2.05, 4.69) is 43.2 Å². The van der Waals surface area contributed by atoms with E-state index in [4.69, 9.17) is 16.3 Å². The van der Waals surface area contributed by atoms with E-state index in [0.717, 1.165) is 42.6 Å². The van der Waals surface area contributed by atoms with Gasteiger partial charge in [-0.1, -0.05) is 24.6 Å². The Labute approximate surface area is 121 Å². The summed E-state index contributed by atoms with van der Waals surface area (Å²) < 4.78 is 5.37. The summed E-state index contributed by atoms with van der Waals surface area (Å²) in [5.74, 6) is 0. The van der Waals surface area contributed by atoms with E-state index >= 15 is 0 Å². The van der Waals surface area contributed by atoms with Crippen molar-refractivity contribution in [3.63, 3.8) is 0 Å². The highest BCUT2D eigenvalue weighted by molar-refractivity contribution is 6.31. The molecule has 108 valence electrons. The molecule has 0 spiro atoms. The highest BCUT2D eigenvalue weighted by atomic mass is 35.5. The summed E-state index contributed by atoms with van der Waals surface area (Å²) >= 11 is 6.37. The topological polar surface area (TPSA) is 24.5 Å². The maximum atomic E-state index is 6.37. The third-order valence-electron chi connectivity index (χ3n) is 3.18. The predicted octanol–water partition coefficient (Wildman–Crippen LogP) is 3.48. The molecule has 1 aromatic rings. The molecule has 1 aromatic carbocycles. The molecule has 0 fully saturated rings. The van der Waals surface area contributed by atoms with Crippen molar-refractivity contribution in [3.05, 3.63) is 28.8 Å². The first kappa shape index (κ1) is 16.3. The Morgan fingerprint density at radius 1 is 1.37 bits per heavy atom. The molecule has 0 saturated heterocycles. The van der Waals surface area contributed by atoms with Crippen LogP contribution in [-0.2, 0) is 4.74 Å². The van der Waals surface area contributed by atoms with Crippen molar-refractivity contribution in [1.29, 1.82) is 0 Å². The van der Waals surface area contributed by atoms with Gasteiger partial charge in [0.1, 0.15) is 0 Å². The normalized spacial score (nSPS) is 12.5. The number of hydrogen-bond donors (Lipinski definition) is 1. The average molecular weight is 285 g/mol. The fourth-order valence-corrected chi connectivity index (χ4v) is 2.33. The van der Waals surface area contributed by atoms with Gasteiger partial charge in [0, 0.05) is 37.0 Å². The van der Waals surface area contributed by atoms with Crippen molar-refractivity contribution in [1.82, 2.24) is 5.32 Å². The van der Waals surface area contributed by atoms with Crippen molar-refractivity contribution >= 4 is 17.3 Å². The van der Waals surface area contributed by atoms with Gasteiger partial charge in [-0.25, -0.2) is 0 Å². The summed E-state index contributed by atoms with van der Waals surface area (Å²) in [4.78, 5) is 2.16. The first-order chi connectivity index (χ1) is 9.10. The number of hydrogen-bond acceptors (Lipinski definition) is 3. The third-order valence-corrected chi connectivity index (χ3v) is 3.50. The van der Waals surface area contributed by atoms with E-state index in [0.29, 0.717) is 0 Å². The van der Waals surface area contributed by atoms with Crippen molar-refractivity contribution in [2.75, 3.05) is 38.3 Å². The highest BCUT2D eigenvalue weighted by Crippen LogP contribution is 2.27. The smallest absolute Gasteiger partial charge is 0.0641 e. The number of nitrogens with one attached hydrogen (secondary N) is 1. The van der Waals surface area contributed by atoms with E-state index in [1.165, 1.54) is 0 Å². The Morgan fingerprint density at radius 2 is 2.11 bits per heavy atom. The van der Waals surface area contributed by atoms with E-state index in [1.807, 2.05) is 13.0 Å². The molecular weight excluding hydrogens is 260 g/mol. The van der Waals surface area contributed by atoms with E-state index < -0.39 is 0 Å². The van der Waals surface area contributed by atoms with Crippen LogP contribution in [0.15, 0.2) is 18.2 Å². The van der Waals surface area contributed by atoms with Crippen molar-refractivity contribution in [2.45, 2.75) is 26.8 Å². The second-order valence-electron chi connectivity index (χ2n) is 4.60. The number of likely N-dealkylation sites (N-methyl/N-ethyl adjacent to an activating group) is 1. The van der Waals surface area contributed by atoms with Crippen LogP contribution in [0.3, 0.4) is 0 Å². The molecule has 0 aromatic heterocycles. The fourth-order valence-electron chi connectivity index (χ4n) is 2.00. The Bertz CT molecular complexity index is 384. The molecule has 0 radical (unpaired) electrons. The van der Waals surface area contributed by atoms with Crippen LogP contribution in [0.2, 0.25) is 5.02 Å². The summed E-state index contributed by atoms with van der Waals surface area (Å²) in [6, 6.07) is 6.51. The lowest BCUT2D eigenvalue weighted by Gasteiger charge is -2.21. The molecule has 0 bridgehead atoms. The quantitative estimate of drug-likeness (QED) is 0.740. The molecule has 0 saturated carbocycles. The highest BCUT2D eigenvalue weighted by Gasteiger charge is 2.10. The number of benzene rings is 1. The zero-order chi connectivity index (χ0) is 14.3.